The van der Waals surface area contributed by atoms with Crippen molar-refractivity contribution in [3.8, 4) is 11.5 Å². The van der Waals surface area contributed by atoms with E-state index in [0.29, 0.717) is 38.6 Å². The van der Waals surface area contributed by atoms with Crippen LogP contribution in [0.3, 0.4) is 0 Å². The molecule has 1 unspecified atom stereocenters. The molecule has 0 saturated carbocycles. The number of carboxylic acid groups (broad SMARTS) is 1. The molecule has 9 heteroatoms. The summed E-state index contributed by atoms with van der Waals surface area (Å²) in [6.45, 7) is 2.56. The third-order valence-corrected chi connectivity index (χ3v) is 6.35. The van der Waals surface area contributed by atoms with Gasteiger partial charge in [-0.2, -0.15) is 0 Å². The van der Waals surface area contributed by atoms with Crippen molar-refractivity contribution < 1.29 is 24.2 Å². The van der Waals surface area contributed by atoms with E-state index < -0.39 is 17.9 Å². The Morgan fingerprint density at radius 1 is 1.32 bits per heavy atom. The first-order chi connectivity index (χ1) is 14.9. The van der Waals surface area contributed by atoms with Gasteiger partial charge >= 0.3 is 5.97 Å². The van der Waals surface area contributed by atoms with Gasteiger partial charge in [-0.3, -0.25) is 9.69 Å². The third kappa shape index (κ3) is 5.11. The molecule has 0 radical (unpaired) electrons. The number of halogens is 1. The molecule has 0 bridgehead atoms. The van der Waals surface area contributed by atoms with E-state index in [9.17, 15) is 14.7 Å². The van der Waals surface area contributed by atoms with Crippen LogP contribution in [0.2, 0.25) is 0 Å². The summed E-state index contributed by atoms with van der Waals surface area (Å²) >= 11 is 9.92. The number of hydrogen-bond acceptors (Lipinski definition) is 6. The lowest BCUT2D eigenvalue weighted by Crippen LogP contribution is -2.37. The largest absolute Gasteiger partial charge is 0.493 e. The number of aliphatic carboxylic acids is 1. The fourth-order valence-electron chi connectivity index (χ4n) is 3.06. The van der Waals surface area contributed by atoms with Crippen molar-refractivity contribution in [3.63, 3.8) is 0 Å². The van der Waals surface area contributed by atoms with Crippen molar-refractivity contribution in [2.45, 2.75) is 19.4 Å². The van der Waals surface area contributed by atoms with Crippen LogP contribution in [0, 0.1) is 0 Å². The maximum atomic E-state index is 13.1. The molecule has 2 aromatic rings. The van der Waals surface area contributed by atoms with E-state index in [0.717, 1.165) is 23.1 Å². The Hall–Kier alpha value is -2.36. The third-order valence-electron chi connectivity index (χ3n) is 4.43. The molecule has 0 aliphatic carbocycles. The number of carboxylic acids is 1. The number of ether oxygens (including phenoxy) is 2. The maximum Gasteiger partial charge on any atom is 0.331 e. The number of carbonyl (C=O) groups is 2. The number of thiocarbonyl (C=S) groups is 1. The summed E-state index contributed by atoms with van der Waals surface area (Å²) < 4.78 is 12.1. The highest BCUT2D eigenvalue weighted by atomic mass is 79.9. The van der Waals surface area contributed by atoms with Gasteiger partial charge in [-0.05, 0) is 51.7 Å². The molecule has 3 rings (SSSR count). The predicted octanol–water partition coefficient (Wildman–Crippen LogP) is 5.27. The molecule has 2 aromatic carbocycles. The monoisotopic (exact) mass is 521 g/mol. The van der Waals surface area contributed by atoms with E-state index in [1.807, 2.05) is 13.0 Å². The fraction of sp³-hybridized carbons (Fsp3) is 0.227. The van der Waals surface area contributed by atoms with Crippen molar-refractivity contribution in [1.29, 1.82) is 0 Å². The Morgan fingerprint density at radius 3 is 2.65 bits per heavy atom. The lowest BCUT2D eigenvalue weighted by atomic mass is 10.1. The van der Waals surface area contributed by atoms with Crippen LogP contribution in [-0.4, -0.2) is 39.9 Å². The summed E-state index contributed by atoms with van der Waals surface area (Å²) in [5, 5.41) is 9.79. The first-order valence-corrected chi connectivity index (χ1v) is 11.4. The van der Waals surface area contributed by atoms with E-state index in [-0.39, 0.29) is 4.32 Å². The normalized spacial score (nSPS) is 16.0. The van der Waals surface area contributed by atoms with Gasteiger partial charge in [0, 0.05) is 0 Å². The molecule has 1 N–H and O–H groups in total. The molecule has 1 aliphatic rings. The summed E-state index contributed by atoms with van der Waals surface area (Å²) in [4.78, 5) is 26.6. The van der Waals surface area contributed by atoms with Crippen LogP contribution in [0.5, 0.6) is 11.5 Å². The Morgan fingerprint density at radius 2 is 2.03 bits per heavy atom. The topological polar surface area (TPSA) is 76.1 Å². The zero-order chi connectivity index (χ0) is 22.5. The van der Waals surface area contributed by atoms with Gasteiger partial charge in [0.15, 0.2) is 17.5 Å². The highest BCUT2D eigenvalue weighted by Gasteiger charge is 2.41. The maximum absolute atomic E-state index is 13.1. The molecule has 1 fully saturated rings. The summed E-state index contributed by atoms with van der Waals surface area (Å²) in [6.07, 6.45) is 2.52. The quantitative estimate of drug-likeness (QED) is 0.374. The molecule has 1 saturated heterocycles. The molecule has 1 amide bonds. The standard InChI is InChI=1S/C22H20BrNO5S2/c1-3-9-29-19-15(23)10-13(11-16(19)28-2)12-17-20(25)24(22(30)31-17)18(21(26)27)14-7-5-4-6-8-14/h4-8,10-12,18H,3,9H2,1-2H3,(H,26,27)/b17-12-. The van der Waals surface area contributed by atoms with Gasteiger partial charge in [0.1, 0.15) is 4.32 Å². The van der Waals surface area contributed by atoms with Gasteiger partial charge in [0.05, 0.1) is 23.1 Å². The van der Waals surface area contributed by atoms with Crippen molar-refractivity contribution in [3.05, 3.63) is 63.0 Å². The second-order valence-electron chi connectivity index (χ2n) is 6.59. The molecule has 0 aromatic heterocycles. The number of nitrogens with zero attached hydrogens (tertiary/aromatic N) is 1. The number of methoxy groups -OCH3 is 1. The van der Waals surface area contributed by atoms with Crippen LogP contribution in [0.25, 0.3) is 6.08 Å². The van der Waals surface area contributed by atoms with E-state index >= 15 is 0 Å². The Bertz CT molecular complexity index is 1040. The van der Waals surface area contributed by atoms with Crippen LogP contribution in [-0.2, 0) is 9.59 Å². The van der Waals surface area contributed by atoms with E-state index in [1.54, 1.807) is 49.6 Å². The molecule has 162 valence electrons. The van der Waals surface area contributed by atoms with Crippen molar-refractivity contribution in [2.75, 3.05) is 13.7 Å². The summed E-state index contributed by atoms with van der Waals surface area (Å²) in [5.41, 5.74) is 1.18. The summed E-state index contributed by atoms with van der Waals surface area (Å²) in [6, 6.07) is 10.9. The van der Waals surface area contributed by atoms with Gasteiger partial charge in [-0.25, -0.2) is 4.79 Å². The predicted molar refractivity (Wildman–Crippen MR) is 128 cm³/mol. The molecular weight excluding hydrogens is 502 g/mol. The first-order valence-electron chi connectivity index (χ1n) is 9.42. The zero-order valence-corrected chi connectivity index (χ0v) is 20.1. The number of amides is 1. The molecular formula is C22H20BrNO5S2. The minimum absolute atomic E-state index is 0.196. The fourth-order valence-corrected chi connectivity index (χ4v) is 4.95. The van der Waals surface area contributed by atoms with Crippen molar-refractivity contribution in [2.24, 2.45) is 0 Å². The highest BCUT2D eigenvalue weighted by Crippen LogP contribution is 2.41. The van der Waals surface area contributed by atoms with Gasteiger partial charge < -0.3 is 14.6 Å². The smallest absolute Gasteiger partial charge is 0.331 e. The van der Waals surface area contributed by atoms with E-state index in [1.165, 1.54) is 0 Å². The number of benzene rings is 2. The minimum atomic E-state index is -1.19. The Kier molecular flexibility index (Phi) is 7.74. The lowest BCUT2D eigenvalue weighted by molar-refractivity contribution is -0.145. The SMILES string of the molecule is CCCOc1c(Br)cc(/C=C2\SC(=S)N(C(C(=O)O)c3ccccc3)C2=O)cc1OC. The van der Waals surface area contributed by atoms with Gasteiger partial charge in [-0.1, -0.05) is 61.2 Å². The van der Waals surface area contributed by atoms with Crippen LogP contribution in [0.4, 0.5) is 0 Å². The molecule has 1 atom stereocenters. The van der Waals surface area contributed by atoms with E-state index in [4.69, 9.17) is 21.7 Å². The van der Waals surface area contributed by atoms with Crippen LogP contribution in [0.15, 0.2) is 51.8 Å². The van der Waals surface area contributed by atoms with Gasteiger partial charge in [-0.15, -0.1) is 0 Å². The molecule has 6 nitrogen and oxygen atoms in total. The average Bonchev–Trinajstić information content (AvgIpc) is 3.01. The Balaban J connectivity index is 1.95. The van der Waals surface area contributed by atoms with Crippen molar-refractivity contribution >= 4 is 62.2 Å². The molecule has 1 aliphatic heterocycles. The molecule has 0 spiro atoms. The number of rotatable bonds is 8. The number of thioether (sulfide) groups is 1. The number of carbonyl (C=O) groups excluding carboxylic acids is 1. The first kappa shape index (κ1) is 23.3. The van der Waals surface area contributed by atoms with Crippen LogP contribution in [0.1, 0.15) is 30.5 Å². The summed E-state index contributed by atoms with van der Waals surface area (Å²) in [5.74, 6) is -0.487. The van der Waals surface area contributed by atoms with Crippen LogP contribution < -0.4 is 9.47 Å². The minimum Gasteiger partial charge on any atom is -0.493 e. The van der Waals surface area contributed by atoms with Crippen molar-refractivity contribution in [1.82, 2.24) is 4.90 Å². The molecule has 31 heavy (non-hydrogen) atoms. The zero-order valence-electron chi connectivity index (χ0n) is 16.8. The second kappa shape index (κ2) is 10.3. The van der Waals surface area contributed by atoms with Crippen LogP contribution >= 0.6 is 39.9 Å². The average molecular weight is 522 g/mol. The second-order valence-corrected chi connectivity index (χ2v) is 9.12. The van der Waals surface area contributed by atoms with Gasteiger partial charge in [0.2, 0.25) is 0 Å². The molecule has 1 heterocycles. The lowest BCUT2D eigenvalue weighted by Gasteiger charge is -2.23. The number of hydrogen-bond donors (Lipinski definition) is 1. The summed E-state index contributed by atoms with van der Waals surface area (Å²) in [7, 11) is 1.54. The Labute approximate surface area is 198 Å². The van der Waals surface area contributed by atoms with E-state index in [2.05, 4.69) is 15.9 Å². The highest BCUT2D eigenvalue weighted by molar-refractivity contribution is 9.10. The van der Waals surface area contributed by atoms with Gasteiger partial charge in [0.25, 0.3) is 5.91 Å².